The zero-order valence-corrected chi connectivity index (χ0v) is 13.7. The number of ether oxygens (including phenoxy) is 1. The maximum absolute atomic E-state index is 11.2. The summed E-state index contributed by atoms with van der Waals surface area (Å²) in [5, 5.41) is 15.2. The molecule has 0 aliphatic heterocycles. The number of nitro groups is 1. The molecule has 2 aromatic heterocycles. The van der Waals surface area contributed by atoms with E-state index in [2.05, 4.69) is 16.2 Å². The molecule has 0 atom stereocenters. The van der Waals surface area contributed by atoms with Crippen molar-refractivity contribution in [1.82, 2.24) is 14.8 Å². The van der Waals surface area contributed by atoms with Crippen molar-refractivity contribution in [2.45, 2.75) is 6.54 Å². The molecule has 4 rings (SSSR count). The Morgan fingerprint density at radius 3 is 2.85 bits per heavy atom. The van der Waals surface area contributed by atoms with Crippen LogP contribution in [0.15, 0.2) is 40.8 Å². The van der Waals surface area contributed by atoms with Crippen LogP contribution < -0.4 is 4.74 Å². The van der Waals surface area contributed by atoms with E-state index >= 15 is 0 Å². The fraction of sp³-hybridized carbons (Fsp3) is 0.111. The summed E-state index contributed by atoms with van der Waals surface area (Å²) in [7, 11) is 1.59. The van der Waals surface area contributed by atoms with Crippen LogP contribution in [0.5, 0.6) is 5.75 Å². The van der Waals surface area contributed by atoms with Crippen molar-refractivity contribution in [3.63, 3.8) is 0 Å². The molecule has 1 aromatic carbocycles. The molecule has 0 bridgehead atoms. The molecule has 2 heterocycles. The average Bonchev–Trinajstić information content (AvgIpc) is 3.26. The second kappa shape index (κ2) is 6.27. The third-order valence-electron chi connectivity index (χ3n) is 3.90. The molecular weight excluding hydrogens is 336 g/mol. The first kappa shape index (κ1) is 15.7. The SMILES string of the molecule is COc1ccc(Cn2nc([N+](=O)[O-])cc2-c2nc3c(o2)C=C[C+]=C3)cc1. The van der Waals surface area contributed by atoms with Gasteiger partial charge < -0.3 is 19.3 Å². The van der Waals surface area contributed by atoms with Gasteiger partial charge in [0, 0.05) is 6.08 Å². The van der Waals surface area contributed by atoms with Gasteiger partial charge in [-0.25, -0.2) is 0 Å². The van der Waals surface area contributed by atoms with Gasteiger partial charge in [0.2, 0.25) is 5.69 Å². The monoisotopic (exact) mass is 349 g/mol. The minimum absolute atomic E-state index is 0.262. The number of oxazole rings is 1. The number of hydrogen-bond acceptors (Lipinski definition) is 6. The molecule has 26 heavy (non-hydrogen) atoms. The number of methoxy groups -OCH3 is 1. The Labute approximate surface area is 148 Å². The lowest BCUT2D eigenvalue weighted by Crippen LogP contribution is -2.04. The number of fused-ring (bicyclic) bond motifs is 1. The van der Waals surface area contributed by atoms with Gasteiger partial charge >= 0.3 is 5.82 Å². The summed E-state index contributed by atoms with van der Waals surface area (Å²) < 4.78 is 12.4. The van der Waals surface area contributed by atoms with Crippen LogP contribution in [0.4, 0.5) is 5.82 Å². The van der Waals surface area contributed by atoms with Gasteiger partial charge in [-0.1, -0.05) is 12.1 Å². The maximum atomic E-state index is 11.2. The van der Waals surface area contributed by atoms with Crippen LogP contribution in [0.2, 0.25) is 0 Å². The Balaban J connectivity index is 1.73. The van der Waals surface area contributed by atoms with E-state index in [1.807, 2.05) is 24.3 Å². The van der Waals surface area contributed by atoms with Gasteiger partial charge in [0.1, 0.15) is 17.9 Å². The molecular formula is C18H13N4O4+. The Kier molecular flexibility index (Phi) is 3.79. The number of benzene rings is 1. The third kappa shape index (κ3) is 2.85. The highest BCUT2D eigenvalue weighted by molar-refractivity contribution is 5.66. The Morgan fingerprint density at radius 1 is 1.35 bits per heavy atom. The molecule has 0 amide bonds. The highest BCUT2D eigenvalue weighted by Crippen LogP contribution is 2.28. The lowest BCUT2D eigenvalue weighted by Gasteiger charge is -2.03. The van der Waals surface area contributed by atoms with E-state index in [0.29, 0.717) is 23.7 Å². The molecule has 3 aromatic rings. The van der Waals surface area contributed by atoms with Crippen molar-refractivity contribution in [1.29, 1.82) is 0 Å². The molecule has 0 radical (unpaired) electrons. The molecule has 8 heteroatoms. The lowest BCUT2D eigenvalue weighted by atomic mass is 10.2. The smallest absolute Gasteiger partial charge is 0.390 e. The van der Waals surface area contributed by atoms with Gasteiger partial charge in [0.05, 0.1) is 30.9 Å². The van der Waals surface area contributed by atoms with E-state index in [4.69, 9.17) is 9.15 Å². The maximum Gasteiger partial charge on any atom is 0.390 e. The molecule has 0 unspecified atom stereocenters. The Hall–Kier alpha value is -3.77. The van der Waals surface area contributed by atoms with Crippen molar-refractivity contribution in [3.05, 3.63) is 69.6 Å². The standard InChI is InChI=1S/C18H13N4O4/c1-25-13-8-6-12(7-9-13)11-21-15(10-17(20-21)22(23)24)18-19-14-4-2-3-5-16(14)26-18/h3-10H,11H2,1H3/q+1. The normalized spacial score (nSPS) is 11.9. The molecule has 0 N–H and O–H groups in total. The predicted octanol–water partition coefficient (Wildman–Crippen LogP) is 3.35. The highest BCUT2D eigenvalue weighted by atomic mass is 16.6. The molecule has 0 spiro atoms. The molecule has 8 nitrogen and oxygen atoms in total. The summed E-state index contributed by atoms with van der Waals surface area (Å²) >= 11 is 0. The minimum Gasteiger partial charge on any atom is -0.497 e. The average molecular weight is 349 g/mol. The fourth-order valence-corrected chi connectivity index (χ4v) is 2.62. The predicted molar refractivity (Wildman–Crippen MR) is 93.2 cm³/mol. The van der Waals surface area contributed by atoms with Crippen LogP contribution in [-0.4, -0.2) is 26.8 Å². The second-order valence-electron chi connectivity index (χ2n) is 5.56. The molecule has 1 aliphatic carbocycles. The first-order chi connectivity index (χ1) is 12.6. The summed E-state index contributed by atoms with van der Waals surface area (Å²) in [4.78, 5) is 15.0. The first-order valence-corrected chi connectivity index (χ1v) is 7.76. The van der Waals surface area contributed by atoms with Crippen molar-refractivity contribution < 1.29 is 14.1 Å². The van der Waals surface area contributed by atoms with Crippen LogP contribution in [0.25, 0.3) is 23.7 Å². The number of aromatic nitrogens is 3. The van der Waals surface area contributed by atoms with Crippen LogP contribution in [0.3, 0.4) is 0 Å². The van der Waals surface area contributed by atoms with E-state index in [0.717, 1.165) is 11.3 Å². The Morgan fingerprint density at radius 2 is 2.15 bits per heavy atom. The van der Waals surface area contributed by atoms with Crippen molar-refractivity contribution in [2.24, 2.45) is 0 Å². The zero-order valence-electron chi connectivity index (χ0n) is 13.7. The van der Waals surface area contributed by atoms with Crippen LogP contribution >= 0.6 is 0 Å². The summed E-state index contributed by atoms with van der Waals surface area (Å²) in [6.07, 6.45) is 8.08. The van der Waals surface area contributed by atoms with Gasteiger partial charge in [-0.2, -0.15) is 4.68 Å². The van der Waals surface area contributed by atoms with Crippen LogP contribution in [0.1, 0.15) is 17.0 Å². The number of allylic oxidation sites excluding steroid dienone is 2. The van der Waals surface area contributed by atoms with Gasteiger partial charge in [-0.05, 0) is 22.6 Å². The van der Waals surface area contributed by atoms with Gasteiger partial charge in [0.15, 0.2) is 5.69 Å². The molecule has 128 valence electrons. The van der Waals surface area contributed by atoms with Gasteiger partial charge in [-0.15, -0.1) is 4.98 Å². The van der Waals surface area contributed by atoms with E-state index < -0.39 is 4.92 Å². The van der Waals surface area contributed by atoms with E-state index in [1.165, 1.54) is 10.7 Å². The summed E-state index contributed by atoms with van der Waals surface area (Å²) in [5.41, 5.74) is 1.97. The zero-order chi connectivity index (χ0) is 18.1. The first-order valence-electron chi connectivity index (χ1n) is 7.76. The van der Waals surface area contributed by atoms with E-state index in [-0.39, 0.29) is 11.7 Å². The number of rotatable bonds is 5. The van der Waals surface area contributed by atoms with Crippen molar-refractivity contribution in [3.8, 4) is 17.3 Å². The second-order valence-corrected chi connectivity index (χ2v) is 5.56. The highest BCUT2D eigenvalue weighted by Gasteiger charge is 2.27. The minimum atomic E-state index is -0.537. The van der Waals surface area contributed by atoms with Gasteiger partial charge in [-0.3, -0.25) is 0 Å². The molecule has 0 saturated heterocycles. The summed E-state index contributed by atoms with van der Waals surface area (Å²) in [6.45, 7) is 0.331. The van der Waals surface area contributed by atoms with Crippen LogP contribution in [-0.2, 0) is 6.54 Å². The van der Waals surface area contributed by atoms with Crippen molar-refractivity contribution >= 4 is 18.0 Å². The molecule has 0 saturated carbocycles. The van der Waals surface area contributed by atoms with E-state index in [1.54, 1.807) is 25.3 Å². The van der Waals surface area contributed by atoms with E-state index in [9.17, 15) is 10.1 Å². The topological polar surface area (TPSA) is 96.2 Å². The fourth-order valence-electron chi connectivity index (χ4n) is 2.62. The number of hydrogen-bond donors (Lipinski definition) is 0. The van der Waals surface area contributed by atoms with Crippen LogP contribution in [0, 0.1) is 16.2 Å². The Bertz CT molecular complexity index is 999. The summed E-state index contributed by atoms with van der Waals surface area (Å²) in [6, 6.07) is 8.75. The summed E-state index contributed by atoms with van der Waals surface area (Å²) in [5.74, 6) is 1.32. The van der Waals surface area contributed by atoms with Crippen molar-refractivity contribution in [2.75, 3.05) is 7.11 Å². The largest absolute Gasteiger partial charge is 0.497 e. The lowest BCUT2D eigenvalue weighted by molar-refractivity contribution is -0.389. The molecule has 1 aliphatic rings. The number of nitrogens with zero attached hydrogens (tertiary/aromatic N) is 4. The van der Waals surface area contributed by atoms with Gasteiger partial charge in [0.25, 0.3) is 11.7 Å². The third-order valence-corrected chi connectivity index (χ3v) is 3.90. The quantitative estimate of drug-likeness (QED) is 0.398. The molecule has 0 fully saturated rings.